The number of hydrogen-bond acceptors (Lipinski definition) is 5. The molecule has 6 rings (SSSR count). The van der Waals surface area contributed by atoms with Crippen LogP contribution in [0.3, 0.4) is 0 Å². The third-order valence-corrected chi connectivity index (χ3v) is 10.4. The first-order valence-electron chi connectivity index (χ1n) is 12.5. The number of rotatable bonds is 9. The number of ketones is 1. The summed E-state index contributed by atoms with van der Waals surface area (Å²) in [5, 5.41) is -0.0858. The minimum Gasteiger partial charge on any atom is -0.454 e. The van der Waals surface area contributed by atoms with Crippen molar-refractivity contribution in [2.75, 3.05) is 17.5 Å². The van der Waals surface area contributed by atoms with Crippen LogP contribution in [-0.2, 0) is 19.6 Å². The molecule has 2 aromatic rings. The molecule has 4 fully saturated rings. The summed E-state index contributed by atoms with van der Waals surface area (Å²) in [4.78, 5) is 25.8. The van der Waals surface area contributed by atoms with Crippen molar-refractivity contribution < 1.29 is 27.1 Å². The second-order valence-corrected chi connectivity index (χ2v) is 12.9. The van der Waals surface area contributed by atoms with Gasteiger partial charge in [-0.05, 0) is 98.7 Å². The minimum atomic E-state index is -4.24. The summed E-state index contributed by atoms with van der Waals surface area (Å²) in [5.41, 5.74) is -0.199. The molecule has 0 radical (unpaired) electrons. The maximum atomic E-state index is 13.5. The van der Waals surface area contributed by atoms with Gasteiger partial charge in [0, 0.05) is 5.41 Å². The van der Waals surface area contributed by atoms with Gasteiger partial charge in [0.25, 0.3) is 10.0 Å². The fourth-order valence-electron chi connectivity index (χ4n) is 6.83. The van der Waals surface area contributed by atoms with Crippen LogP contribution in [0.15, 0.2) is 60.0 Å². The van der Waals surface area contributed by atoms with E-state index in [1.165, 1.54) is 49.6 Å². The van der Waals surface area contributed by atoms with E-state index in [0.29, 0.717) is 17.8 Å². The quantitative estimate of drug-likeness (QED) is 0.294. The van der Waals surface area contributed by atoms with Crippen molar-refractivity contribution in [1.82, 2.24) is 0 Å². The van der Waals surface area contributed by atoms with Crippen molar-refractivity contribution in [2.24, 2.45) is 23.2 Å². The van der Waals surface area contributed by atoms with Crippen molar-refractivity contribution in [3.8, 4) is 0 Å². The Labute approximate surface area is 221 Å². The van der Waals surface area contributed by atoms with E-state index in [4.69, 9.17) is 16.3 Å². The number of Topliss-reactive ketones (excluding diaryl/α,β-unsaturated/α-hetero) is 1. The SMILES string of the molecule is C=CCN(c1ccc(F)cc1)S(=O)(=O)c1cc(C(=O)OCC(=O)C23CC4CC(CC(C4)C2)C3)ccc1Cl. The van der Waals surface area contributed by atoms with Crippen LogP contribution < -0.4 is 4.31 Å². The Bertz CT molecular complexity index is 1310. The average molecular weight is 546 g/mol. The molecule has 196 valence electrons. The van der Waals surface area contributed by atoms with Gasteiger partial charge in [-0.2, -0.15) is 0 Å². The van der Waals surface area contributed by atoms with Gasteiger partial charge in [-0.3, -0.25) is 9.10 Å². The number of carbonyl (C=O) groups excluding carboxylic acids is 2. The number of halogens is 2. The summed E-state index contributed by atoms with van der Waals surface area (Å²) in [7, 11) is -4.24. The number of carbonyl (C=O) groups is 2. The summed E-state index contributed by atoms with van der Waals surface area (Å²) in [6.07, 6.45) is 7.63. The van der Waals surface area contributed by atoms with Crippen molar-refractivity contribution in [3.63, 3.8) is 0 Å². The van der Waals surface area contributed by atoms with Gasteiger partial charge in [0.05, 0.1) is 22.8 Å². The standard InChI is InChI=1S/C28H29ClFNO5S/c1-2-9-31(23-6-4-22(30)5-7-23)37(34,35)25-13-21(3-8-24(25)29)27(33)36-17-26(32)28-14-18-10-19(15-28)12-20(11-18)16-28/h2-8,13,18-20H,1,9-12,14-17H2. The third-order valence-electron chi connectivity index (χ3n) is 8.11. The highest BCUT2D eigenvalue weighted by atomic mass is 35.5. The van der Waals surface area contributed by atoms with Crippen LogP contribution in [0, 0.1) is 29.0 Å². The summed E-state index contributed by atoms with van der Waals surface area (Å²) in [6, 6.07) is 8.79. The normalized spacial score (nSPS) is 26.1. The van der Waals surface area contributed by atoms with E-state index in [0.717, 1.165) is 41.8 Å². The molecule has 6 nitrogen and oxygen atoms in total. The van der Waals surface area contributed by atoms with Crippen LogP contribution in [0.2, 0.25) is 5.02 Å². The summed E-state index contributed by atoms with van der Waals surface area (Å²) < 4.78 is 46.9. The molecular formula is C28H29ClFNO5S. The molecule has 37 heavy (non-hydrogen) atoms. The monoisotopic (exact) mass is 545 g/mol. The van der Waals surface area contributed by atoms with Gasteiger partial charge in [-0.25, -0.2) is 17.6 Å². The van der Waals surface area contributed by atoms with E-state index in [2.05, 4.69) is 6.58 Å². The molecule has 0 unspecified atom stereocenters. The summed E-state index contributed by atoms with van der Waals surface area (Å²) in [5.74, 6) is 0.447. The molecule has 4 bridgehead atoms. The predicted octanol–water partition coefficient (Wildman–Crippen LogP) is 5.80. The zero-order valence-corrected chi connectivity index (χ0v) is 21.9. The van der Waals surface area contributed by atoms with Crippen LogP contribution in [0.5, 0.6) is 0 Å². The Hall–Kier alpha value is -2.71. The van der Waals surface area contributed by atoms with Crippen molar-refractivity contribution in [2.45, 2.75) is 43.4 Å². The number of ether oxygens (including phenoxy) is 1. The van der Waals surface area contributed by atoms with Gasteiger partial charge < -0.3 is 4.74 Å². The topological polar surface area (TPSA) is 80.8 Å². The number of benzene rings is 2. The molecule has 0 atom stereocenters. The van der Waals surface area contributed by atoms with Gasteiger partial charge in [-0.15, -0.1) is 6.58 Å². The first-order chi connectivity index (χ1) is 17.6. The number of sulfonamides is 1. The van der Waals surface area contributed by atoms with Crippen LogP contribution in [0.4, 0.5) is 10.1 Å². The minimum absolute atomic E-state index is 0.0288. The van der Waals surface area contributed by atoms with E-state index >= 15 is 0 Å². The van der Waals surface area contributed by atoms with E-state index in [1.54, 1.807) is 0 Å². The van der Waals surface area contributed by atoms with Crippen molar-refractivity contribution >= 4 is 39.1 Å². The molecule has 0 N–H and O–H groups in total. The van der Waals surface area contributed by atoms with Gasteiger partial charge in [0.2, 0.25) is 0 Å². The van der Waals surface area contributed by atoms with Crippen molar-refractivity contribution in [3.05, 3.63) is 71.5 Å². The molecule has 4 aliphatic rings. The maximum absolute atomic E-state index is 13.5. The second kappa shape index (κ2) is 9.87. The average Bonchev–Trinajstić information content (AvgIpc) is 2.85. The van der Waals surface area contributed by atoms with E-state index in [9.17, 15) is 22.4 Å². The fourth-order valence-corrected chi connectivity index (χ4v) is 8.77. The summed E-state index contributed by atoms with van der Waals surface area (Å²) in [6.45, 7) is 3.18. The van der Waals surface area contributed by atoms with Gasteiger partial charge >= 0.3 is 5.97 Å². The van der Waals surface area contributed by atoms with Crippen LogP contribution >= 0.6 is 11.6 Å². The maximum Gasteiger partial charge on any atom is 0.338 e. The molecule has 4 aliphatic carbocycles. The molecule has 0 aliphatic heterocycles. The third kappa shape index (κ3) is 4.93. The molecule has 0 aromatic heterocycles. The lowest BCUT2D eigenvalue weighted by Gasteiger charge is -2.55. The Kier molecular flexibility index (Phi) is 6.92. The first kappa shape index (κ1) is 25.9. The molecule has 9 heteroatoms. The lowest BCUT2D eigenvalue weighted by atomic mass is 9.48. The molecule has 0 heterocycles. The first-order valence-corrected chi connectivity index (χ1v) is 14.3. The molecule has 2 aromatic carbocycles. The van der Waals surface area contributed by atoms with Gasteiger partial charge in [0.1, 0.15) is 10.7 Å². The highest BCUT2D eigenvalue weighted by Crippen LogP contribution is 2.60. The smallest absolute Gasteiger partial charge is 0.338 e. The Morgan fingerprint density at radius 3 is 2.22 bits per heavy atom. The molecule has 4 saturated carbocycles. The summed E-state index contributed by atoms with van der Waals surface area (Å²) >= 11 is 6.25. The van der Waals surface area contributed by atoms with Gasteiger partial charge in [-0.1, -0.05) is 17.7 Å². The fraction of sp³-hybridized carbons (Fsp3) is 0.429. The predicted molar refractivity (Wildman–Crippen MR) is 138 cm³/mol. The van der Waals surface area contributed by atoms with Gasteiger partial charge in [0.15, 0.2) is 12.4 Å². The van der Waals surface area contributed by atoms with Crippen LogP contribution in [0.1, 0.15) is 48.9 Å². The highest BCUT2D eigenvalue weighted by Gasteiger charge is 2.54. The Morgan fingerprint density at radius 1 is 1.05 bits per heavy atom. The Balaban J connectivity index is 1.34. The molecular weight excluding hydrogens is 517 g/mol. The van der Waals surface area contributed by atoms with E-state index in [1.807, 2.05) is 0 Å². The highest BCUT2D eigenvalue weighted by molar-refractivity contribution is 7.93. The lowest BCUT2D eigenvalue weighted by molar-refractivity contribution is -0.147. The van der Waals surface area contributed by atoms with Crippen molar-refractivity contribution in [1.29, 1.82) is 0 Å². The van der Waals surface area contributed by atoms with E-state index in [-0.39, 0.29) is 45.5 Å². The molecule has 0 spiro atoms. The zero-order chi connectivity index (χ0) is 26.4. The Morgan fingerprint density at radius 2 is 1.65 bits per heavy atom. The number of anilines is 1. The van der Waals surface area contributed by atoms with Crippen LogP contribution in [-0.4, -0.2) is 33.3 Å². The largest absolute Gasteiger partial charge is 0.454 e. The van der Waals surface area contributed by atoms with E-state index < -0.39 is 21.8 Å². The number of esters is 1. The zero-order valence-electron chi connectivity index (χ0n) is 20.4. The number of nitrogens with zero attached hydrogens (tertiary/aromatic N) is 1. The lowest BCUT2D eigenvalue weighted by Crippen LogP contribution is -2.51. The second-order valence-electron chi connectivity index (χ2n) is 10.6. The number of hydrogen-bond donors (Lipinski definition) is 0. The van der Waals surface area contributed by atoms with Crippen LogP contribution in [0.25, 0.3) is 0 Å². The molecule has 0 saturated heterocycles. The molecule has 0 amide bonds.